The van der Waals surface area contributed by atoms with Gasteiger partial charge in [-0.25, -0.2) is 0 Å². The van der Waals surface area contributed by atoms with E-state index in [0.29, 0.717) is 23.1 Å². The van der Waals surface area contributed by atoms with Crippen LogP contribution >= 0.6 is 23.4 Å². The molecule has 30 heavy (non-hydrogen) atoms. The van der Waals surface area contributed by atoms with Crippen LogP contribution in [0.1, 0.15) is 5.56 Å². The lowest BCUT2D eigenvalue weighted by Crippen LogP contribution is -2.20. The number of rotatable bonds is 11. The fourth-order valence-electron chi connectivity index (χ4n) is 2.61. The first-order valence-electron chi connectivity index (χ1n) is 9.03. The Labute approximate surface area is 182 Å². The van der Waals surface area contributed by atoms with Gasteiger partial charge in [-0.1, -0.05) is 41.6 Å². The van der Waals surface area contributed by atoms with E-state index in [1.54, 1.807) is 28.6 Å². The molecular weight excluding hydrogens is 428 g/mol. The number of amides is 1. The molecule has 0 aliphatic rings. The summed E-state index contributed by atoms with van der Waals surface area (Å²) in [5, 5.41) is 16.3. The predicted octanol–water partition coefficient (Wildman–Crippen LogP) is 2.07. The number of benzene rings is 2. The highest BCUT2D eigenvalue weighted by Gasteiger charge is 2.13. The van der Waals surface area contributed by atoms with Crippen LogP contribution in [0.4, 0.5) is 0 Å². The third-order valence-electron chi connectivity index (χ3n) is 3.93. The first-order valence-corrected chi connectivity index (χ1v) is 10.4. The molecule has 0 unspecified atom stereocenters. The van der Waals surface area contributed by atoms with Gasteiger partial charge in [0, 0.05) is 18.8 Å². The maximum atomic E-state index is 10.9. The number of carbonyl (C=O) groups is 1. The van der Waals surface area contributed by atoms with Crippen molar-refractivity contribution in [2.24, 2.45) is 5.73 Å². The minimum atomic E-state index is -0.588. The number of halogens is 1. The number of hydrogen-bond acceptors (Lipinski definition) is 8. The van der Waals surface area contributed by atoms with Crippen LogP contribution in [-0.4, -0.2) is 52.1 Å². The zero-order valence-electron chi connectivity index (χ0n) is 16.2. The van der Waals surface area contributed by atoms with Crippen LogP contribution < -0.4 is 20.5 Å². The van der Waals surface area contributed by atoms with E-state index in [1.807, 2.05) is 30.3 Å². The molecular formula is C19H21ClN6O3S. The van der Waals surface area contributed by atoms with Crippen molar-refractivity contribution in [3.8, 4) is 17.2 Å². The molecule has 9 nitrogen and oxygen atoms in total. The number of nitrogens with one attached hydrogen (secondary N) is 1. The summed E-state index contributed by atoms with van der Waals surface area (Å²) in [7, 11) is 1.51. The van der Waals surface area contributed by atoms with Gasteiger partial charge in [0.2, 0.25) is 5.16 Å². The molecule has 3 rings (SSSR count). The molecule has 3 aromatic rings. The first-order chi connectivity index (χ1) is 14.6. The molecule has 0 saturated carbocycles. The Bertz CT molecular complexity index is 986. The van der Waals surface area contributed by atoms with E-state index in [1.165, 1.54) is 7.11 Å². The summed E-state index contributed by atoms with van der Waals surface area (Å²) in [6.07, 6.45) is 0. The van der Waals surface area contributed by atoms with Gasteiger partial charge >= 0.3 is 0 Å². The third-order valence-corrected chi connectivity index (χ3v) is 5.13. The number of para-hydroxylation sites is 1. The number of ether oxygens (including phenoxy) is 2. The molecule has 0 spiro atoms. The molecule has 1 amide bonds. The number of hydrogen-bond donors (Lipinski definition) is 2. The van der Waals surface area contributed by atoms with Crippen molar-refractivity contribution < 1.29 is 14.3 Å². The maximum Gasteiger partial charge on any atom is 0.255 e. The summed E-state index contributed by atoms with van der Waals surface area (Å²) in [6, 6.07) is 13.3. The number of methoxy groups -OCH3 is 1. The van der Waals surface area contributed by atoms with Gasteiger partial charge in [0.1, 0.15) is 0 Å². The number of aromatic nitrogens is 4. The van der Waals surface area contributed by atoms with Crippen LogP contribution in [0, 0.1) is 0 Å². The number of nitrogens with two attached hydrogens (primary N) is 1. The molecule has 0 fully saturated rings. The molecule has 1 aromatic heterocycles. The monoisotopic (exact) mass is 448 g/mol. The number of tetrazole rings is 1. The van der Waals surface area contributed by atoms with Crippen molar-refractivity contribution in [2.75, 3.05) is 26.0 Å². The highest BCUT2D eigenvalue weighted by atomic mass is 35.5. The summed E-state index contributed by atoms with van der Waals surface area (Å²) in [5.74, 6) is 0.925. The van der Waals surface area contributed by atoms with Gasteiger partial charge in [0.25, 0.3) is 5.91 Å². The Kier molecular flexibility index (Phi) is 7.89. The van der Waals surface area contributed by atoms with Gasteiger partial charge < -0.3 is 20.5 Å². The standard InChI is InChI=1S/C19H21ClN6O3S/c1-28-16-10-13(9-15(20)18(16)29-12-17(21)27)11-22-7-8-30-19-23-24-25-26(19)14-5-3-2-4-6-14/h2-6,9-10,22H,7-8,11-12H2,1H3,(H2,21,27). The molecule has 0 saturated heterocycles. The van der Waals surface area contributed by atoms with Crippen molar-refractivity contribution >= 4 is 29.3 Å². The molecule has 0 bridgehead atoms. The van der Waals surface area contributed by atoms with E-state index in [2.05, 4.69) is 20.8 Å². The molecule has 3 N–H and O–H groups in total. The van der Waals surface area contributed by atoms with E-state index in [0.717, 1.165) is 28.7 Å². The fraction of sp³-hybridized carbons (Fsp3) is 0.263. The number of nitrogens with zero attached hydrogens (tertiary/aromatic N) is 4. The Hall–Kier alpha value is -2.82. The quantitative estimate of drug-likeness (QED) is 0.338. The van der Waals surface area contributed by atoms with Gasteiger partial charge in [0.15, 0.2) is 18.1 Å². The molecule has 2 aromatic carbocycles. The van der Waals surface area contributed by atoms with E-state index < -0.39 is 5.91 Å². The average molecular weight is 449 g/mol. The van der Waals surface area contributed by atoms with Crippen LogP contribution in [0.3, 0.4) is 0 Å². The maximum absolute atomic E-state index is 10.9. The smallest absolute Gasteiger partial charge is 0.255 e. The van der Waals surface area contributed by atoms with E-state index in [4.69, 9.17) is 26.8 Å². The highest BCUT2D eigenvalue weighted by molar-refractivity contribution is 7.99. The Morgan fingerprint density at radius 3 is 2.83 bits per heavy atom. The van der Waals surface area contributed by atoms with Crippen molar-refractivity contribution in [3.05, 3.63) is 53.1 Å². The molecule has 0 aliphatic heterocycles. The van der Waals surface area contributed by atoms with Crippen molar-refractivity contribution in [2.45, 2.75) is 11.7 Å². The van der Waals surface area contributed by atoms with E-state index >= 15 is 0 Å². The Balaban J connectivity index is 1.51. The van der Waals surface area contributed by atoms with Gasteiger partial charge in [-0.3, -0.25) is 4.79 Å². The molecule has 0 atom stereocenters. The third kappa shape index (κ3) is 5.85. The van der Waals surface area contributed by atoms with Gasteiger partial charge in [0.05, 0.1) is 17.8 Å². The molecule has 1 heterocycles. The lowest BCUT2D eigenvalue weighted by molar-refractivity contribution is -0.119. The Morgan fingerprint density at radius 1 is 1.30 bits per heavy atom. The zero-order chi connectivity index (χ0) is 21.3. The summed E-state index contributed by atoms with van der Waals surface area (Å²) in [4.78, 5) is 10.9. The summed E-state index contributed by atoms with van der Waals surface area (Å²) in [5.41, 5.74) is 6.94. The van der Waals surface area contributed by atoms with Crippen molar-refractivity contribution in [3.63, 3.8) is 0 Å². The second-order valence-corrected chi connectivity index (χ2v) is 7.57. The van der Waals surface area contributed by atoms with Crippen molar-refractivity contribution in [1.82, 2.24) is 25.5 Å². The summed E-state index contributed by atoms with van der Waals surface area (Å²) >= 11 is 7.82. The largest absolute Gasteiger partial charge is 0.493 e. The minimum absolute atomic E-state index is 0.270. The van der Waals surface area contributed by atoms with Crippen molar-refractivity contribution in [1.29, 1.82) is 0 Å². The SMILES string of the molecule is COc1cc(CNCCSc2nnnn2-c2ccccc2)cc(Cl)c1OCC(N)=O. The number of carbonyl (C=O) groups excluding carboxylic acids is 1. The first kappa shape index (κ1) is 21.9. The number of thioether (sulfide) groups is 1. The topological polar surface area (TPSA) is 117 Å². The second-order valence-electron chi connectivity index (χ2n) is 6.10. The lowest BCUT2D eigenvalue weighted by Gasteiger charge is -2.13. The lowest BCUT2D eigenvalue weighted by atomic mass is 10.2. The van der Waals surface area contributed by atoms with Crippen LogP contribution in [0.25, 0.3) is 5.69 Å². The summed E-state index contributed by atoms with van der Waals surface area (Å²) < 4.78 is 12.4. The van der Waals surface area contributed by atoms with Crippen LogP contribution in [0.5, 0.6) is 11.5 Å². The normalized spacial score (nSPS) is 10.7. The van der Waals surface area contributed by atoms with Crippen LogP contribution in [-0.2, 0) is 11.3 Å². The van der Waals surface area contributed by atoms with E-state index in [9.17, 15) is 4.79 Å². The molecule has 0 aliphatic carbocycles. The van der Waals surface area contributed by atoms with Gasteiger partial charge in [-0.15, -0.1) is 5.10 Å². The number of primary amides is 1. The Morgan fingerprint density at radius 2 is 2.10 bits per heavy atom. The van der Waals surface area contributed by atoms with Crippen LogP contribution in [0.2, 0.25) is 5.02 Å². The minimum Gasteiger partial charge on any atom is -0.493 e. The average Bonchev–Trinajstić information content (AvgIpc) is 3.21. The second kappa shape index (κ2) is 10.8. The highest BCUT2D eigenvalue weighted by Crippen LogP contribution is 2.36. The van der Waals surface area contributed by atoms with E-state index in [-0.39, 0.29) is 6.61 Å². The summed E-state index contributed by atoms with van der Waals surface area (Å²) in [6.45, 7) is 1.04. The predicted molar refractivity (Wildman–Crippen MR) is 114 cm³/mol. The molecule has 0 radical (unpaired) electrons. The fourth-order valence-corrected chi connectivity index (χ4v) is 3.68. The van der Waals surface area contributed by atoms with Gasteiger partial charge in [-0.2, -0.15) is 4.68 Å². The van der Waals surface area contributed by atoms with Crippen LogP contribution in [0.15, 0.2) is 47.6 Å². The zero-order valence-corrected chi connectivity index (χ0v) is 17.8. The molecule has 158 valence electrons. The van der Waals surface area contributed by atoms with Gasteiger partial charge in [-0.05, 0) is 40.3 Å². The molecule has 11 heteroatoms.